The summed E-state index contributed by atoms with van der Waals surface area (Å²) in [5.74, 6) is -2.03. The number of rotatable bonds is 4. The maximum Gasteiger partial charge on any atom is 0.252 e. The third-order valence-corrected chi connectivity index (χ3v) is 4.59. The van der Waals surface area contributed by atoms with Crippen LogP contribution in [0.5, 0.6) is 0 Å². The van der Waals surface area contributed by atoms with Crippen LogP contribution in [0.25, 0.3) is 0 Å². The second-order valence-electron chi connectivity index (χ2n) is 5.93. The van der Waals surface area contributed by atoms with E-state index >= 15 is 0 Å². The van der Waals surface area contributed by atoms with E-state index in [1.54, 1.807) is 30.3 Å². The molecule has 0 bridgehead atoms. The number of nitriles is 1. The molecule has 140 valence electrons. The van der Waals surface area contributed by atoms with Crippen LogP contribution in [-0.2, 0) is 0 Å². The van der Waals surface area contributed by atoms with Crippen LogP contribution >= 0.6 is 23.2 Å². The van der Waals surface area contributed by atoms with Gasteiger partial charge in [0.05, 0.1) is 11.6 Å². The minimum absolute atomic E-state index is 0.00448. The van der Waals surface area contributed by atoms with Crippen molar-refractivity contribution in [3.8, 4) is 6.07 Å². The molecular weight excluding hydrogens is 405 g/mol. The van der Waals surface area contributed by atoms with Gasteiger partial charge < -0.3 is 5.32 Å². The van der Waals surface area contributed by atoms with E-state index in [-0.39, 0.29) is 21.7 Å². The lowest BCUT2D eigenvalue weighted by Gasteiger charge is -2.21. The molecule has 0 spiro atoms. The molecule has 0 aliphatic rings. The van der Waals surface area contributed by atoms with Gasteiger partial charge in [-0.3, -0.25) is 4.79 Å². The van der Waals surface area contributed by atoms with Gasteiger partial charge in [0.25, 0.3) is 5.91 Å². The van der Waals surface area contributed by atoms with E-state index in [0.717, 1.165) is 12.1 Å². The molecular formula is C21H12Cl2F2N2O. The van der Waals surface area contributed by atoms with Crippen LogP contribution in [0.3, 0.4) is 0 Å². The number of carbonyl (C=O) groups is 1. The van der Waals surface area contributed by atoms with Crippen LogP contribution in [0.4, 0.5) is 8.78 Å². The summed E-state index contributed by atoms with van der Waals surface area (Å²) >= 11 is 11.7. The van der Waals surface area contributed by atoms with E-state index in [1.807, 2.05) is 0 Å². The van der Waals surface area contributed by atoms with Crippen LogP contribution in [0.2, 0.25) is 10.0 Å². The van der Waals surface area contributed by atoms with Crippen LogP contribution in [0, 0.1) is 23.0 Å². The molecule has 0 aliphatic carbocycles. The summed E-state index contributed by atoms with van der Waals surface area (Å²) in [6.45, 7) is 0. The molecule has 0 radical (unpaired) electrons. The van der Waals surface area contributed by atoms with Gasteiger partial charge >= 0.3 is 0 Å². The van der Waals surface area contributed by atoms with Gasteiger partial charge in [-0.15, -0.1) is 0 Å². The fraction of sp³-hybridized carbons (Fsp3) is 0.0476. The first kappa shape index (κ1) is 19.8. The molecule has 3 rings (SSSR count). The number of amides is 1. The lowest BCUT2D eigenvalue weighted by molar-refractivity contribution is 0.0942. The smallest absolute Gasteiger partial charge is 0.252 e. The summed E-state index contributed by atoms with van der Waals surface area (Å²) in [6.07, 6.45) is 0. The van der Waals surface area contributed by atoms with Gasteiger partial charge in [-0.1, -0.05) is 41.4 Å². The lowest BCUT2D eigenvalue weighted by Crippen LogP contribution is -2.30. The summed E-state index contributed by atoms with van der Waals surface area (Å²) in [7, 11) is 0. The Balaban J connectivity index is 1.99. The van der Waals surface area contributed by atoms with Crippen LogP contribution < -0.4 is 5.32 Å². The summed E-state index contributed by atoms with van der Waals surface area (Å²) < 4.78 is 28.4. The molecule has 7 heteroatoms. The van der Waals surface area contributed by atoms with Crippen molar-refractivity contribution in [2.24, 2.45) is 0 Å². The highest BCUT2D eigenvalue weighted by molar-refractivity contribution is 6.30. The molecule has 0 heterocycles. The van der Waals surface area contributed by atoms with Crippen molar-refractivity contribution >= 4 is 29.1 Å². The van der Waals surface area contributed by atoms with E-state index in [4.69, 9.17) is 28.5 Å². The Labute approximate surface area is 170 Å². The molecule has 0 fully saturated rings. The molecule has 28 heavy (non-hydrogen) atoms. The highest BCUT2D eigenvalue weighted by Crippen LogP contribution is 2.28. The number of hydrogen-bond acceptors (Lipinski definition) is 2. The Kier molecular flexibility index (Phi) is 5.93. The molecule has 0 saturated carbocycles. The molecule has 1 amide bonds. The average Bonchev–Trinajstić information content (AvgIpc) is 2.67. The summed E-state index contributed by atoms with van der Waals surface area (Å²) in [4.78, 5) is 12.7. The fourth-order valence-corrected chi connectivity index (χ4v) is 2.98. The average molecular weight is 417 g/mol. The van der Waals surface area contributed by atoms with Crippen molar-refractivity contribution in [2.75, 3.05) is 0 Å². The molecule has 1 atom stereocenters. The van der Waals surface area contributed by atoms with Crippen molar-refractivity contribution in [3.63, 3.8) is 0 Å². The monoisotopic (exact) mass is 416 g/mol. The number of benzene rings is 3. The summed E-state index contributed by atoms with van der Waals surface area (Å²) in [6, 6.07) is 15.0. The Morgan fingerprint density at radius 2 is 1.61 bits per heavy atom. The van der Waals surface area contributed by atoms with Gasteiger partial charge in [0.15, 0.2) is 0 Å². The van der Waals surface area contributed by atoms with Crippen molar-refractivity contribution in [2.45, 2.75) is 6.04 Å². The van der Waals surface area contributed by atoms with Gasteiger partial charge in [-0.25, -0.2) is 8.78 Å². The molecule has 0 aromatic heterocycles. The fourth-order valence-electron chi connectivity index (χ4n) is 2.69. The van der Waals surface area contributed by atoms with E-state index in [1.165, 1.54) is 24.3 Å². The second-order valence-corrected chi connectivity index (χ2v) is 6.80. The predicted octanol–water partition coefficient (Wildman–Crippen LogP) is 5.66. The number of carbonyl (C=O) groups excluding carboxylic acids is 1. The van der Waals surface area contributed by atoms with Crippen molar-refractivity contribution in [1.82, 2.24) is 5.32 Å². The zero-order chi connectivity index (χ0) is 20.3. The predicted molar refractivity (Wildman–Crippen MR) is 103 cm³/mol. The van der Waals surface area contributed by atoms with Gasteiger partial charge in [0, 0.05) is 21.2 Å². The number of halogens is 4. The van der Waals surface area contributed by atoms with Crippen molar-refractivity contribution in [3.05, 3.63) is 105 Å². The SMILES string of the molecule is N#Cc1ccc(C(=O)NC(c2ccc(Cl)cc2)c2ccc(Cl)cc2F)cc1F. The van der Waals surface area contributed by atoms with Gasteiger partial charge in [0.2, 0.25) is 0 Å². The van der Waals surface area contributed by atoms with Gasteiger partial charge in [-0.05, 0) is 48.0 Å². The normalized spacial score (nSPS) is 11.5. The maximum atomic E-state index is 14.5. The minimum Gasteiger partial charge on any atom is -0.341 e. The van der Waals surface area contributed by atoms with Crippen LogP contribution in [-0.4, -0.2) is 5.91 Å². The molecule has 3 aromatic rings. The van der Waals surface area contributed by atoms with Crippen molar-refractivity contribution in [1.29, 1.82) is 5.26 Å². The van der Waals surface area contributed by atoms with E-state index < -0.39 is 23.6 Å². The number of nitrogens with one attached hydrogen (secondary N) is 1. The third kappa shape index (κ3) is 4.30. The quantitative estimate of drug-likeness (QED) is 0.596. The summed E-state index contributed by atoms with van der Waals surface area (Å²) in [5.41, 5.74) is 0.599. The summed E-state index contributed by atoms with van der Waals surface area (Å²) in [5, 5.41) is 12.2. The topological polar surface area (TPSA) is 52.9 Å². The molecule has 3 aromatic carbocycles. The highest BCUT2D eigenvalue weighted by atomic mass is 35.5. The molecule has 1 N–H and O–H groups in total. The van der Waals surface area contributed by atoms with Crippen molar-refractivity contribution < 1.29 is 13.6 Å². The first-order valence-corrected chi connectivity index (χ1v) is 8.85. The Hall–Kier alpha value is -2.94. The molecule has 0 aliphatic heterocycles. The Morgan fingerprint density at radius 1 is 0.929 bits per heavy atom. The highest BCUT2D eigenvalue weighted by Gasteiger charge is 2.22. The van der Waals surface area contributed by atoms with Crippen LogP contribution in [0.15, 0.2) is 60.7 Å². The van der Waals surface area contributed by atoms with E-state index in [0.29, 0.717) is 10.6 Å². The first-order chi connectivity index (χ1) is 13.4. The molecule has 3 nitrogen and oxygen atoms in total. The van der Waals surface area contributed by atoms with E-state index in [2.05, 4.69) is 5.32 Å². The number of hydrogen-bond donors (Lipinski definition) is 1. The zero-order valence-corrected chi connectivity index (χ0v) is 15.7. The zero-order valence-electron chi connectivity index (χ0n) is 14.2. The second kappa shape index (κ2) is 8.39. The Morgan fingerprint density at radius 3 is 2.21 bits per heavy atom. The first-order valence-electron chi connectivity index (χ1n) is 8.10. The lowest BCUT2D eigenvalue weighted by atomic mass is 9.97. The van der Waals surface area contributed by atoms with E-state index in [9.17, 15) is 13.6 Å². The molecule has 0 saturated heterocycles. The molecule has 1 unspecified atom stereocenters. The standard InChI is InChI=1S/C21H12Cl2F2N2O/c22-15-5-3-12(4-6-15)20(17-8-7-16(23)10-19(17)25)27-21(28)13-1-2-14(11-26)18(24)9-13/h1-10,20H,(H,27,28). The van der Waals surface area contributed by atoms with Gasteiger partial charge in [0.1, 0.15) is 17.7 Å². The minimum atomic E-state index is -0.860. The van der Waals surface area contributed by atoms with Gasteiger partial charge in [-0.2, -0.15) is 5.26 Å². The number of nitrogens with zero attached hydrogens (tertiary/aromatic N) is 1. The third-order valence-electron chi connectivity index (χ3n) is 4.10. The largest absolute Gasteiger partial charge is 0.341 e. The van der Waals surface area contributed by atoms with Crippen LogP contribution in [0.1, 0.15) is 33.1 Å². The Bertz CT molecular complexity index is 1080. The maximum absolute atomic E-state index is 14.5.